The van der Waals surface area contributed by atoms with Crippen molar-refractivity contribution < 1.29 is 24.2 Å². The lowest BCUT2D eigenvalue weighted by Crippen LogP contribution is -2.49. The predicted molar refractivity (Wildman–Crippen MR) is 157 cm³/mol. The molecule has 6 heteroatoms. The second-order valence-electron chi connectivity index (χ2n) is 12.8. The van der Waals surface area contributed by atoms with Crippen LogP contribution in [-0.4, -0.2) is 23.7 Å². The number of esters is 1. The molecular weight excluding hydrogens is 502 g/mol. The summed E-state index contributed by atoms with van der Waals surface area (Å²) in [4.78, 5) is 23.9. The van der Waals surface area contributed by atoms with Gasteiger partial charge in [-0.1, -0.05) is 39.0 Å². The second-order valence-corrected chi connectivity index (χ2v) is 12.8. The minimum atomic E-state index is -1.11. The topological polar surface area (TPSA) is 98.8 Å². The number of ether oxygens (including phenoxy) is 2. The van der Waals surface area contributed by atoms with Crippen LogP contribution in [-0.2, 0) is 0 Å². The Bertz CT molecular complexity index is 1140. The standard InChI is InChI=1S/C34H45NO5/c1-2-3-4-5-6-7-28(34-20-23-16-24(21-34)18-25(17-23)22-34)14-15-39-29-11-8-26(9-12-29)33(38)40-31-19-27(32(36)37)10-13-30(31)35/h8-13,19,23-25,28H,2-7,14-18,20-22,35H2,1H3,(H,36,37). The van der Waals surface area contributed by atoms with Crippen LogP contribution >= 0.6 is 0 Å². The zero-order valence-electron chi connectivity index (χ0n) is 23.9. The largest absolute Gasteiger partial charge is 0.494 e. The number of carboxylic acids is 1. The number of nitrogens with two attached hydrogens (primary N) is 1. The molecule has 2 aromatic carbocycles. The van der Waals surface area contributed by atoms with Crippen LogP contribution in [0.25, 0.3) is 0 Å². The fraction of sp³-hybridized carbons (Fsp3) is 0.588. The van der Waals surface area contributed by atoms with E-state index in [1.165, 1.54) is 95.2 Å². The minimum absolute atomic E-state index is 0.00792. The van der Waals surface area contributed by atoms with Gasteiger partial charge in [-0.05, 0) is 123 Å². The summed E-state index contributed by atoms with van der Waals surface area (Å²) in [6.07, 6.45) is 17.9. The molecule has 6 nitrogen and oxygen atoms in total. The number of rotatable bonds is 14. The zero-order valence-corrected chi connectivity index (χ0v) is 23.9. The van der Waals surface area contributed by atoms with Gasteiger partial charge in [0, 0.05) is 0 Å². The van der Waals surface area contributed by atoms with Gasteiger partial charge in [-0.2, -0.15) is 0 Å². The molecule has 4 aliphatic carbocycles. The van der Waals surface area contributed by atoms with Crippen molar-refractivity contribution in [3.05, 3.63) is 53.6 Å². The fourth-order valence-electron chi connectivity index (χ4n) is 8.35. The molecule has 0 aliphatic heterocycles. The van der Waals surface area contributed by atoms with E-state index in [4.69, 9.17) is 15.2 Å². The van der Waals surface area contributed by atoms with Gasteiger partial charge in [0.25, 0.3) is 0 Å². The maximum atomic E-state index is 12.7. The van der Waals surface area contributed by atoms with Crippen LogP contribution in [0.15, 0.2) is 42.5 Å². The van der Waals surface area contributed by atoms with Crippen molar-refractivity contribution in [3.63, 3.8) is 0 Å². The number of carboxylic acid groups (broad SMARTS) is 1. The maximum absolute atomic E-state index is 12.7. The average molecular weight is 548 g/mol. The lowest BCUT2D eigenvalue weighted by molar-refractivity contribution is -0.0933. The smallest absolute Gasteiger partial charge is 0.343 e. The summed E-state index contributed by atoms with van der Waals surface area (Å²) in [5, 5.41) is 9.20. The van der Waals surface area contributed by atoms with Crippen molar-refractivity contribution in [2.45, 2.75) is 90.4 Å². The second kappa shape index (κ2) is 12.7. The van der Waals surface area contributed by atoms with Crippen molar-refractivity contribution in [3.8, 4) is 11.5 Å². The molecule has 0 heterocycles. The molecule has 1 atom stereocenters. The molecule has 4 aliphatic rings. The van der Waals surface area contributed by atoms with Gasteiger partial charge in [0.2, 0.25) is 0 Å². The van der Waals surface area contributed by atoms with E-state index < -0.39 is 11.9 Å². The van der Waals surface area contributed by atoms with Crippen LogP contribution in [0.1, 0.15) is 111 Å². The van der Waals surface area contributed by atoms with Gasteiger partial charge in [-0.25, -0.2) is 9.59 Å². The normalized spacial score (nSPS) is 25.5. The monoisotopic (exact) mass is 547 g/mol. The lowest BCUT2D eigenvalue weighted by Gasteiger charge is -2.60. The molecule has 6 rings (SSSR count). The zero-order chi connectivity index (χ0) is 28.1. The Balaban J connectivity index is 1.17. The number of hydrogen-bond acceptors (Lipinski definition) is 5. The van der Waals surface area contributed by atoms with Gasteiger partial charge in [0.05, 0.1) is 23.4 Å². The third-order valence-corrected chi connectivity index (χ3v) is 9.90. The van der Waals surface area contributed by atoms with E-state index >= 15 is 0 Å². The summed E-state index contributed by atoms with van der Waals surface area (Å²) in [6, 6.07) is 11.0. The summed E-state index contributed by atoms with van der Waals surface area (Å²) >= 11 is 0. The highest BCUT2D eigenvalue weighted by Crippen LogP contribution is 2.64. The first-order valence-corrected chi connectivity index (χ1v) is 15.4. The molecule has 216 valence electrons. The lowest BCUT2D eigenvalue weighted by atomic mass is 9.46. The maximum Gasteiger partial charge on any atom is 0.343 e. The number of aromatic carboxylic acids is 1. The predicted octanol–water partition coefficient (Wildman–Crippen LogP) is 8.15. The fourth-order valence-corrected chi connectivity index (χ4v) is 8.35. The summed E-state index contributed by atoms with van der Waals surface area (Å²) in [5.41, 5.74) is 6.98. The molecule has 4 saturated carbocycles. The van der Waals surface area contributed by atoms with Crippen molar-refractivity contribution >= 4 is 17.6 Å². The van der Waals surface area contributed by atoms with E-state index in [9.17, 15) is 14.7 Å². The highest BCUT2D eigenvalue weighted by atomic mass is 16.5. The summed E-state index contributed by atoms with van der Waals surface area (Å²) in [6.45, 7) is 2.98. The molecule has 0 radical (unpaired) electrons. The van der Waals surface area contributed by atoms with E-state index in [1.54, 1.807) is 24.3 Å². The molecule has 40 heavy (non-hydrogen) atoms. The first-order chi connectivity index (χ1) is 19.3. The van der Waals surface area contributed by atoms with Crippen LogP contribution < -0.4 is 15.2 Å². The molecule has 2 aromatic rings. The molecular formula is C34H45NO5. The van der Waals surface area contributed by atoms with Crippen molar-refractivity contribution in [1.82, 2.24) is 0 Å². The van der Waals surface area contributed by atoms with Gasteiger partial charge in [0.1, 0.15) is 5.75 Å². The number of carbonyl (C=O) groups is 2. The number of carbonyl (C=O) groups excluding carboxylic acids is 1. The highest BCUT2D eigenvalue weighted by molar-refractivity contribution is 5.93. The van der Waals surface area contributed by atoms with Crippen LogP contribution in [0, 0.1) is 29.1 Å². The van der Waals surface area contributed by atoms with E-state index in [1.807, 2.05) is 0 Å². The van der Waals surface area contributed by atoms with Crippen LogP contribution in [0.5, 0.6) is 11.5 Å². The molecule has 3 N–H and O–H groups in total. The summed E-state index contributed by atoms with van der Waals surface area (Å²) in [5.74, 6) is 2.71. The van der Waals surface area contributed by atoms with Gasteiger partial charge < -0.3 is 20.3 Å². The number of anilines is 1. The number of unbranched alkanes of at least 4 members (excludes halogenated alkanes) is 4. The Kier molecular flexibility index (Phi) is 9.02. The molecule has 0 spiro atoms. The molecule has 0 saturated heterocycles. The van der Waals surface area contributed by atoms with E-state index in [2.05, 4.69) is 6.92 Å². The Hall–Kier alpha value is -3.02. The van der Waals surface area contributed by atoms with Crippen LogP contribution in [0.3, 0.4) is 0 Å². The van der Waals surface area contributed by atoms with Gasteiger partial charge >= 0.3 is 11.9 Å². The van der Waals surface area contributed by atoms with Gasteiger partial charge in [-0.15, -0.1) is 0 Å². The molecule has 4 bridgehead atoms. The highest BCUT2D eigenvalue weighted by Gasteiger charge is 2.53. The van der Waals surface area contributed by atoms with E-state index in [0.29, 0.717) is 17.6 Å². The number of benzene rings is 2. The number of nitrogen functional groups attached to an aromatic ring is 1. The molecule has 0 amide bonds. The summed E-state index contributed by atoms with van der Waals surface area (Å²) < 4.78 is 11.6. The molecule has 0 aromatic heterocycles. The molecule has 4 fully saturated rings. The van der Waals surface area contributed by atoms with Gasteiger partial charge in [-0.3, -0.25) is 0 Å². The van der Waals surface area contributed by atoms with Crippen molar-refractivity contribution in [2.75, 3.05) is 12.3 Å². The Morgan fingerprint density at radius 2 is 1.52 bits per heavy atom. The Morgan fingerprint density at radius 1 is 0.900 bits per heavy atom. The van der Waals surface area contributed by atoms with Crippen molar-refractivity contribution in [2.24, 2.45) is 29.1 Å². The minimum Gasteiger partial charge on any atom is -0.494 e. The molecule has 1 unspecified atom stereocenters. The summed E-state index contributed by atoms with van der Waals surface area (Å²) in [7, 11) is 0. The Labute approximate surface area is 238 Å². The quantitative estimate of drug-likeness (QED) is 0.107. The van der Waals surface area contributed by atoms with E-state index in [-0.39, 0.29) is 17.0 Å². The number of hydrogen-bond donors (Lipinski definition) is 2. The first-order valence-electron chi connectivity index (χ1n) is 15.4. The SMILES string of the molecule is CCCCCCCC(CCOc1ccc(C(=O)Oc2cc(C(=O)O)ccc2N)cc1)C12CC3CC(CC(C3)C1)C2. The third kappa shape index (κ3) is 6.64. The third-order valence-electron chi connectivity index (χ3n) is 9.90. The van der Waals surface area contributed by atoms with Crippen molar-refractivity contribution in [1.29, 1.82) is 0 Å². The van der Waals surface area contributed by atoms with Crippen LogP contribution in [0.2, 0.25) is 0 Å². The van der Waals surface area contributed by atoms with Crippen LogP contribution in [0.4, 0.5) is 5.69 Å². The van der Waals surface area contributed by atoms with Gasteiger partial charge in [0.15, 0.2) is 5.75 Å². The Morgan fingerprint density at radius 3 is 2.15 bits per heavy atom. The average Bonchev–Trinajstić information content (AvgIpc) is 2.92. The van der Waals surface area contributed by atoms with E-state index in [0.717, 1.165) is 35.8 Å². The first kappa shape index (κ1) is 28.5.